The molecular weight excluding hydrogens is 407 g/mol. The van der Waals surface area contributed by atoms with E-state index in [1.807, 2.05) is 18.2 Å². The zero-order valence-electron chi connectivity index (χ0n) is 10.1. The second kappa shape index (κ2) is 5.31. The van der Waals surface area contributed by atoms with E-state index in [-0.39, 0.29) is 5.56 Å². The topological polar surface area (TPSA) is 37.8 Å². The van der Waals surface area contributed by atoms with E-state index >= 15 is 0 Å². The molecule has 0 unspecified atom stereocenters. The van der Waals surface area contributed by atoms with Crippen molar-refractivity contribution in [1.82, 2.24) is 9.55 Å². The van der Waals surface area contributed by atoms with Gasteiger partial charge in [-0.1, -0.05) is 11.6 Å². The van der Waals surface area contributed by atoms with Crippen LogP contribution in [0.3, 0.4) is 0 Å². The Morgan fingerprint density at radius 1 is 1.15 bits per heavy atom. The summed E-state index contributed by atoms with van der Waals surface area (Å²) >= 11 is 13.3. The van der Waals surface area contributed by atoms with Gasteiger partial charge in [0.15, 0.2) is 4.77 Å². The van der Waals surface area contributed by atoms with Crippen molar-refractivity contribution in [2.75, 3.05) is 0 Å². The molecule has 100 valence electrons. The number of aromatic amines is 1. The van der Waals surface area contributed by atoms with Crippen LogP contribution in [0.1, 0.15) is 0 Å². The van der Waals surface area contributed by atoms with Crippen molar-refractivity contribution < 1.29 is 0 Å². The van der Waals surface area contributed by atoms with Crippen molar-refractivity contribution >= 4 is 57.3 Å². The molecule has 1 N–H and O–H groups in total. The van der Waals surface area contributed by atoms with E-state index in [0.717, 1.165) is 9.09 Å². The smallest absolute Gasteiger partial charge is 0.266 e. The third-order valence-corrected chi connectivity index (χ3v) is 4.15. The van der Waals surface area contributed by atoms with Gasteiger partial charge in [0.25, 0.3) is 5.56 Å². The van der Waals surface area contributed by atoms with Crippen molar-refractivity contribution in [1.29, 1.82) is 0 Å². The van der Waals surface area contributed by atoms with Crippen LogP contribution in [0.25, 0.3) is 16.6 Å². The van der Waals surface area contributed by atoms with Gasteiger partial charge in [0.05, 0.1) is 16.6 Å². The van der Waals surface area contributed by atoms with E-state index in [4.69, 9.17) is 23.8 Å². The summed E-state index contributed by atoms with van der Waals surface area (Å²) in [6, 6.07) is 12.6. The molecule has 6 heteroatoms. The molecule has 0 aliphatic carbocycles. The lowest BCUT2D eigenvalue weighted by Gasteiger charge is -2.08. The van der Waals surface area contributed by atoms with E-state index in [1.54, 1.807) is 24.3 Å². The second-order valence-electron chi connectivity index (χ2n) is 4.24. The molecule has 0 saturated heterocycles. The minimum absolute atomic E-state index is 0.135. The molecule has 1 aromatic heterocycles. The predicted molar refractivity (Wildman–Crippen MR) is 92.5 cm³/mol. The number of halogens is 2. The third-order valence-electron chi connectivity index (χ3n) is 2.94. The number of nitrogens with one attached hydrogen (secondary N) is 1. The summed E-state index contributed by atoms with van der Waals surface area (Å²) in [6.45, 7) is 0. The van der Waals surface area contributed by atoms with Crippen LogP contribution in [0.2, 0.25) is 5.02 Å². The summed E-state index contributed by atoms with van der Waals surface area (Å²) in [6.07, 6.45) is 0. The molecule has 2 aromatic carbocycles. The highest BCUT2D eigenvalue weighted by atomic mass is 127. The summed E-state index contributed by atoms with van der Waals surface area (Å²) in [7, 11) is 0. The number of benzene rings is 2. The highest BCUT2D eigenvalue weighted by Crippen LogP contribution is 2.16. The van der Waals surface area contributed by atoms with Crippen molar-refractivity contribution in [3.8, 4) is 5.69 Å². The Balaban J connectivity index is 2.39. The van der Waals surface area contributed by atoms with Gasteiger partial charge < -0.3 is 4.98 Å². The molecule has 0 saturated carbocycles. The number of fused-ring (bicyclic) bond motifs is 1. The fourth-order valence-corrected chi connectivity index (χ4v) is 2.93. The molecule has 0 fully saturated rings. The fourth-order valence-electron chi connectivity index (χ4n) is 2.01. The number of hydrogen-bond acceptors (Lipinski definition) is 2. The molecule has 0 spiro atoms. The lowest BCUT2D eigenvalue weighted by atomic mass is 10.2. The first-order valence-corrected chi connectivity index (χ1v) is 7.63. The molecule has 1 heterocycles. The Labute approximate surface area is 138 Å². The predicted octanol–water partition coefficient (Wildman–Crippen LogP) is 4.31. The molecular formula is C14H8ClIN2OS. The minimum Gasteiger partial charge on any atom is -0.331 e. The van der Waals surface area contributed by atoms with Crippen molar-refractivity contribution in [3.05, 3.63) is 66.2 Å². The highest BCUT2D eigenvalue weighted by molar-refractivity contribution is 14.1. The molecule has 0 radical (unpaired) electrons. The largest absolute Gasteiger partial charge is 0.331 e. The molecule has 0 aliphatic heterocycles. The molecule has 0 bridgehead atoms. The van der Waals surface area contributed by atoms with Gasteiger partial charge in [-0.25, -0.2) is 0 Å². The summed E-state index contributed by atoms with van der Waals surface area (Å²) < 4.78 is 2.84. The van der Waals surface area contributed by atoms with Crippen LogP contribution in [0, 0.1) is 8.34 Å². The van der Waals surface area contributed by atoms with Crippen LogP contribution < -0.4 is 5.56 Å². The molecule has 0 amide bonds. The molecule has 3 nitrogen and oxygen atoms in total. The monoisotopic (exact) mass is 414 g/mol. The standard InChI is InChI=1S/C14H8ClIN2OS/c15-8-1-4-10(5-2-8)18-13(19)11-7-9(16)3-6-12(11)17-14(18)20/h1-7H,(H,17,20). The van der Waals surface area contributed by atoms with E-state index in [1.165, 1.54) is 4.57 Å². The minimum atomic E-state index is -0.135. The van der Waals surface area contributed by atoms with Crippen molar-refractivity contribution in [3.63, 3.8) is 0 Å². The zero-order valence-corrected chi connectivity index (χ0v) is 13.8. The summed E-state index contributed by atoms with van der Waals surface area (Å²) in [5.41, 5.74) is 1.30. The quantitative estimate of drug-likeness (QED) is 0.476. The maximum atomic E-state index is 12.6. The van der Waals surface area contributed by atoms with Crippen LogP contribution in [0.15, 0.2) is 47.3 Å². The average Bonchev–Trinajstić information content (AvgIpc) is 2.42. The van der Waals surface area contributed by atoms with Gasteiger partial charge in [0, 0.05) is 8.59 Å². The van der Waals surface area contributed by atoms with Crippen LogP contribution in [-0.2, 0) is 0 Å². The first kappa shape index (κ1) is 13.8. The van der Waals surface area contributed by atoms with E-state index in [2.05, 4.69) is 27.6 Å². The fraction of sp³-hybridized carbons (Fsp3) is 0. The van der Waals surface area contributed by atoms with E-state index < -0.39 is 0 Å². The van der Waals surface area contributed by atoms with Gasteiger partial charge in [-0.05, 0) is 77.3 Å². The maximum absolute atomic E-state index is 12.6. The zero-order chi connectivity index (χ0) is 14.3. The summed E-state index contributed by atoms with van der Waals surface area (Å²) in [5, 5.41) is 1.23. The summed E-state index contributed by atoms with van der Waals surface area (Å²) in [5.74, 6) is 0. The van der Waals surface area contributed by atoms with E-state index in [9.17, 15) is 4.79 Å². The first-order valence-electron chi connectivity index (χ1n) is 5.77. The maximum Gasteiger partial charge on any atom is 0.266 e. The Morgan fingerprint density at radius 3 is 2.55 bits per heavy atom. The second-order valence-corrected chi connectivity index (χ2v) is 6.31. The Morgan fingerprint density at radius 2 is 1.85 bits per heavy atom. The van der Waals surface area contributed by atoms with Gasteiger partial charge in [-0.2, -0.15) is 0 Å². The van der Waals surface area contributed by atoms with Gasteiger partial charge in [0.1, 0.15) is 0 Å². The van der Waals surface area contributed by atoms with Gasteiger partial charge in [0.2, 0.25) is 0 Å². The molecule has 0 atom stereocenters. The lowest BCUT2D eigenvalue weighted by Crippen LogP contribution is -2.20. The average molecular weight is 415 g/mol. The number of nitrogens with zero attached hydrogens (tertiary/aromatic N) is 1. The van der Waals surface area contributed by atoms with E-state index in [0.29, 0.717) is 20.9 Å². The lowest BCUT2D eigenvalue weighted by molar-refractivity contribution is 0.940. The van der Waals surface area contributed by atoms with Gasteiger partial charge in [-0.3, -0.25) is 9.36 Å². The summed E-state index contributed by atoms with van der Waals surface area (Å²) in [4.78, 5) is 15.7. The van der Waals surface area contributed by atoms with Gasteiger partial charge in [-0.15, -0.1) is 0 Å². The van der Waals surface area contributed by atoms with Crippen molar-refractivity contribution in [2.45, 2.75) is 0 Å². The molecule has 0 aliphatic rings. The highest BCUT2D eigenvalue weighted by Gasteiger charge is 2.07. The number of aromatic nitrogens is 2. The Bertz CT molecular complexity index is 915. The Kier molecular flexibility index (Phi) is 3.66. The normalized spacial score (nSPS) is 10.9. The third kappa shape index (κ3) is 2.41. The van der Waals surface area contributed by atoms with Crippen LogP contribution in [0.4, 0.5) is 0 Å². The van der Waals surface area contributed by atoms with Crippen LogP contribution in [-0.4, -0.2) is 9.55 Å². The molecule has 3 aromatic rings. The molecule has 3 rings (SSSR count). The number of rotatable bonds is 1. The Hall–Kier alpha value is -1.18. The number of H-pyrrole nitrogens is 1. The van der Waals surface area contributed by atoms with Gasteiger partial charge >= 0.3 is 0 Å². The SMILES string of the molecule is O=c1c2cc(I)ccc2[nH]c(=S)n1-c1ccc(Cl)cc1. The van der Waals surface area contributed by atoms with Crippen LogP contribution >= 0.6 is 46.4 Å². The number of hydrogen-bond donors (Lipinski definition) is 1. The molecule has 20 heavy (non-hydrogen) atoms. The first-order chi connectivity index (χ1) is 9.56. The van der Waals surface area contributed by atoms with Crippen LogP contribution in [0.5, 0.6) is 0 Å². The van der Waals surface area contributed by atoms with Crippen molar-refractivity contribution in [2.24, 2.45) is 0 Å².